The maximum atomic E-state index is 5.57. The maximum absolute atomic E-state index is 5.57. The molecule has 1 aliphatic rings. The zero-order valence-electron chi connectivity index (χ0n) is 12.6. The Morgan fingerprint density at radius 2 is 2.33 bits per heavy atom. The number of rotatable bonds is 5. The minimum absolute atomic E-state index is 0.476. The van der Waals surface area contributed by atoms with Gasteiger partial charge in [0, 0.05) is 19.1 Å². The van der Waals surface area contributed by atoms with Crippen molar-refractivity contribution < 1.29 is 4.74 Å². The fourth-order valence-corrected chi connectivity index (χ4v) is 3.51. The van der Waals surface area contributed by atoms with E-state index >= 15 is 0 Å². The number of hydrogen-bond acceptors (Lipinski definition) is 6. The van der Waals surface area contributed by atoms with E-state index in [1.807, 2.05) is 0 Å². The number of aromatic nitrogens is 2. The van der Waals surface area contributed by atoms with Crippen molar-refractivity contribution in [3.63, 3.8) is 0 Å². The Bertz CT molecular complexity index is 600. The highest BCUT2D eigenvalue weighted by Gasteiger charge is 2.22. The van der Waals surface area contributed by atoms with Crippen molar-refractivity contribution in [3.8, 4) is 0 Å². The normalized spacial score (nSPS) is 20.0. The summed E-state index contributed by atoms with van der Waals surface area (Å²) in [5.41, 5.74) is 0. The Morgan fingerprint density at radius 1 is 1.43 bits per heavy atom. The summed E-state index contributed by atoms with van der Waals surface area (Å²) in [5, 5.41) is 6.55. The Hall–Kier alpha value is -1.24. The molecule has 5 nitrogen and oxygen atoms in total. The molecule has 1 aliphatic heterocycles. The van der Waals surface area contributed by atoms with E-state index in [2.05, 4.69) is 35.5 Å². The summed E-state index contributed by atoms with van der Waals surface area (Å²) >= 11 is 1.68. The Labute approximate surface area is 129 Å². The summed E-state index contributed by atoms with van der Waals surface area (Å²) in [6.07, 6.45) is 1.10. The molecule has 0 bridgehead atoms. The van der Waals surface area contributed by atoms with E-state index in [0.29, 0.717) is 6.04 Å². The van der Waals surface area contributed by atoms with Crippen LogP contribution in [0.25, 0.3) is 10.2 Å². The molecule has 0 aliphatic carbocycles. The van der Waals surface area contributed by atoms with E-state index in [1.54, 1.807) is 11.3 Å². The van der Waals surface area contributed by atoms with Crippen LogP contribution < -0.4 is 5.32 Å². The van der Waals surface area contributed by atoms with Gasteiger partial charge >= 0.3 is 0 Å². The molecule has 1 fully saturated rings. The van der Waals surface area contributed by atoms with Crippen LogP contribution in [-0.2, 0) is 11.3 Å². The lowest BCUT2D eigenvalue weighted by Gasteiger charge is -2.34. The molecule has 0 saturated carbocycles. The maximum Gasteiger partial charge on any atom is 0.146 e. The molecule has 1 N–H and O–H groups in total. The first-order chi connectivity index (χ1) is 10.3. The molecule has 0 amide bonds. The van der Waals surface area contributed by atoms with Crippen LogP contribution in [0.2, 0.25) is 0 Å². The zero-order valence-corrected chi connectivity index (χ0v) is 13.4. The van der Waals surface area contributed by atoms with E-state index in [0.717, 1.165) is 61.1 Å². The summed E-state index contributed by atoms with van der Waals surface area (Å²) in [4.78, 5) is 13.0. The van der Waals surface area contributed by atoms with Crippen molar-refractivity contribution in [1.29, 1.82) is 0 Å². The number of morpholine rings is 1. The highest BCUT2D eigenvalue weighted by Crippen LogP contribution is 2.25. The number of hydrogen-bond donors (Lipinski definition) is 1. The quantitative estimate of drug-likeness (QED) is 0.920. The number of nitrogens with one attached hydrogen (secondary N) is 1. The number of fused-ring (bicyclic) bond motifs is 1. The molecule has 0 radical (unpaired) electrons. The third-order valence-corrected chi connectivity index (χ3v) is 4.69. The molecule has 21 heavy (non-hydrogen) atoms. The Morgan fingerprint density at radius 3 is 3.14 bits per heavy atom. The molecular weight excluding hydrogens is 284 g/mol. The van der Waals surface area contributed by atoms with Gasteiger partial charge in [-0.05, 0) is 24.8 Å². The van der Waals surface area contributed by atoms with Gasteiger partial charge in [0.15, 0.2) is 0 Å². The van der Waals surface area contributed by atoms with Gasteiger partial charge in [-0.25, -0.2) is 9.97 Å². The van der Waals surface area contributed by atoms with Crippen molar-refractivity contribution >= 4 is 27.4 Å². The van der Waals surface area contributed by atoms with E-state index in [4.69, 9.17) is 14.7 Å². The number of thiophene rings is 1. The molecule has 1 unspecified atom stereocenters. The highest BCUT2D eigenvalue weighted by molar-refractivity contribution is 7.16. The first-order valence-corrected chi connectivity index (χ1v) is 8.49. The molecule has 1 saturated heterocycles. The van der Waals surface area contributed by atoms with Gasteiger partial charge in [0.25, 0.3) is 0 Å². The molecule has 0 spiro atoms. The van der Waals surface area contributed by atoms with Crippen LogP contribution in [-0.4, -0.2) is 47.2 Å². The monoisotopic (exact) mass is 306 g/mol. The average Bonchev–Trinajstić information content (AvgIpc) is 2.97. The Balaban J connectivity index is 1.85. The molecule has 114 valence electrons. The summed E-state index contributed by atoms with van der Waals surface area (Å²) in [6.45, 7) is 8.55. The number of nitrogens with zero attached hydrogens (tertiary/aromatic N) is 3. The van der Waals surface area contributed by atoms with E-state index in [9.17, 15) is 0 Å². The number of ether oxygens (including phenoxy) is 1. The van der Waals surface area contributed by atoms with Crippen LogP contribution in [0.5, 0.6) is 0 Å². The van der Waals surface area contributed by atoms with Gasteiger partial charge in [0.05, 0.1) is 25.1 Å². The second-order valence-electron chi connectivity index (χ2n) is 5.27. The second-order valence-corrected chi connectivity index (χ2v) is 6.16. The van der Waals surface area contributed by atoms with Crippen LogP contribution in [0, 0.1) is 0 Å². The van der Waals surface area contributed by atoms with Gasteiger partial charge in [0.2, 0.25) is 0 Å². The minimum Gasteiger partial charge on any atom is -0.378 e. The van der Waals surface area contributed by atoms with Crippen LogP contribution in [0.15, 0.2) is 11.4 Å². The summed E-state index contributed by atoms with van der Waals surface area (Å²) in [7, 11) is 0. The fraction of sp³-hybridized carbons (Fsp3) is 0.600. The fourth-order valence-electron chi connectivity index (χ4n) is 2.73. The minimum atomic E-state index is 0.476. The van der Waals surface area contributed by atoms with Gasteiger partial charge in [-0.15, -0.1) is 11.3 Å². The SMILES string of the molecule is CCNc1nc(CN2CCOCC2CC)nc2sccc12. The van der Waals surface area contributed by atoms with Gasteiger partial charge in [-0.2, -0.15) is 0 Å². The first-order valence-electron chi connectivity index (χ1n) is 7.61. The Kier molecular flexibility index (Phi) is 4.67. The smallest absolute Gasteiger partial charge is 0.146 e. The molecule has 3 heterocycles. The summed E-state index contributed by atoms with van der Waals surface area (Å²) in [5.74, 6) is 1.86. The molecule has 2 aromatic heterocycles. The molecule has 6 heteroatoms. The average molecular weight is 306 g/mol. The summed E-state index contributed by atoms with van der Waals surface area (Å²) in [6, 6.07) is 2.56. The standard InChI is InChI=1S/C15H22N4OS/c1-3-11-10-20-7-6-19(11)9-13-17-14(16-4-2)12-5-8-21-15(12)18-13/h5,8,11H,3-4,6-7,9-10H2,1-2H3,(H,16,17,18). The zero-order chi connectivity index (χ0) is 14.7. The topological polar surface area (TPSA) is 50.3 Å². The predicted molar refractivity (Wildman–Crippen MR) is 86.9 cm³/mol. The van der Waals surface area contributed by atoms with Crippen molar-refractivity contribution in [2.45, 2.75) is 32.9 Å². The molecule has 2 aromatic rings. The predicted octanol–water partition coefficient (Wildman–Crippen LogP) is 2.73. The van der Waals surface area contributed by atoms with Crippen LogP contribution in [0.1, 0.15) is 26.1 Å². The lowest BCUT2D eigenvalue weighted by molar-refractivity contribution is -0.0137. The van der Waals surface area contributed by atoms with E-state index < -0.39 is 0 Å². The summed E-state index contributed by atoms with van der Waals surface area (Å²) < 4.78 is 5.57. The second kappa shape index (κ2) is 6.68. The van der Waals surface area contributed by atoms with Crippen LogP contribution in [0.3, 0.4) is 0 Å². The van der Waals surface area contributed by atoms with Gasteiger partial charge < -0.3 is 10.1 Å². The van der Waals surface area contributed by atoms with Gasteiger partial charge in [-0.3, -0.25) is 4.90 Å². The van der Waals surface area contributed by atoms with E-state index in [1.165, 1.54) is 0 Å². The number of anilines is 1. The van der Waals surface area contributed by atoms with E-state index in [-0.39, 0.29) is 0 Å². The van der Waals surface area contributed by atoms with Gasteiger partial charge in [-0.1, -0.05) is 6.92 Å². The highest BCUT2D eigenvalue weighted by atomic mass is 32.1. The van der Waals surface area contributed by atoms with Crippen molar-refractivity contribution in [2.24, 2.45) is 0 Å². The molecular formula is C15H22N4OS. The lowest BCUT2D eigenvalue weighted by atomic mass is 10.2. The molecule has 0 aromatic carbocycles. The van der Waals surface area contributed by atoms with Crippen LogP contribution in [0.4, 0.5) is 5.82 Å². The lowest BCUT2D eigenvalue weighted by Crippen LogP contribution is -2.44. The van der Waals surface area contributed by atoms with Gasteiger partial charge in [0.1, 0.15) is 16.5 Å². The molecule has 1 atom stereocenters. The molecule has 3 rings (SSSR count). The third kappa shape index (κ3) is 3.17. The largest absolute Gasteiger partial charge is 0.378 e. The first kappa shape index (κ1) is 14.7. The van der Waals surface area contributed by atoms with Crippen molar-refractivity contribution in [3.05, 3.63) is 17.3 Å². The third-order valence-electron chi connectivity index (χ3n) is 3.88. The van der Waals surface area contributed by atoms with Crippen LogP contribution >= 0.6 is 11.3 Å². The van der Waals surface area contributed by atoms with Crippen molar-refractivity contribution in [2.75, 3.05) is 31.6 Å². The van der Waals surface area contributed by atoms with Crippen molar-refractivity contribution in [1.82, 2.24) is 14.9 Å².